The third-order valence-corrected chi connectivity index (χ3v) is 9.11. The molecule has 1 aliphatic heterocycles. The molecule has 0 atom stereocenters. The van der Waals surface area contributed by atoms with Crippen molar-refractivity contribution in [2.24, 2.45) is 5.92 Å². The van der Waals surface area contributed by atoms with Crippen LogP contribution in [-0.4, -0.2) is 43.0 Å². The molecule has 30 heavy (non-hydrogen) atoms. The van der Waals surface area contributed by atoms with E-state index in [1.807, 2.05) is 6.92 Å². The second-order valence-electron chi connectivity index (χ2n) is 8.98. The lowest BCUT2D eigenvalue weighted by Gasteiger charge is -2.40. The number of unbranched alkanes of at least 4 members (excludes halogenated alkanes) is 1. The van der Waals surface area contributed by atoms with Gasteiger partial charge in [-0.05, 0) is 56.2 Å². The van der Waals surface area contributed by atoms with Gasteiger partial charge in [0.2, 0.25) is 15.9 Å². The summed E-state index contributed by atoms with van der Waals surface area (Å²) in [5.41, 5.74) is 1.07. The number of hydrogen-bond donors (Lipinski definition) is 1. The summed E-state index contributed by atoms with van der Waals surface area (Å²) in [4.78, 5) is 13.2. The highest BCUT2D eigenvalue weighted by Gasteiger charge is 2.37. The first-order valence-corrected chi connectivity index (χ1v) is 13.8. The SMILES string of the molecule is CCCCS(=O)(=O)N1CCC(C(=O)NC2(Cc3ccc(Br)cc3)CCCCC2)CC1. The van der Waals surface area contributed by atoms with Crippen molar-refractivity contribution in [3.63, 3.8) is 0 Å². The smallest absolute Gasteiger partial charge is 0.223 e. The number of hydrogen-bond acceptors (Lipinski definition) is 3. The van der Waals surface area contributed by atoms with E-state index in [9.17, 15) is 13.2 Å². The van der Waals surface area contributed by atoms with Gasteiger partial charge in [0.15, 0.2) is 0 Å². The van der Waals surface area contributed by atoms with Gasteiger partial charge in [-0.25, -0.2) is 12.7 Å². The first-order chi connectivity index (χ1) is 14.3. The van der Waals surface area contributed by atoms with Gasteiger partial charge in [-0.2, -0.15) is 0 Å². The molecule has 1 saturated heterocycles. The largest absolute Gasteiger partial charge is 0.350 e. The molecule has 2 aliphatic rings. The zero-order valence-corrected chi connectivity index (χ0v) is 20.4. The number of carbonyl (C=O) groups is 1. The molecule has 0 bridgehead atoms. The predicted octanol–water partition coefficient (Wildman–Crippen LogP) is 4.65. The van der Waals surface area contributed by atoms with E-state index in [0.717, 1.165) is 43.0 Å². The number of nitrogens with zero attached hydrogens (tertiary/aromatic N) is 1. The van der Waals surface area contributed by atoms with Crippen LogP contribution in [0.3, 0.4) is 0 Å². The monoisotopic (exact) mass is 498 g/mol. The Kier molecular flexibility index (Phi) is 8.39. The lowest BCUT2D eigenvalue weighted by atomic mass is 9.77. The molecule has 1 amide bonds. The second kappa shape index (κ2) is 10.6. The average molecular weight is 500 g/mol. The van der Waals surface area contributed by atoms with Crippen molar-refractivity contribution in [1.29, 1.82) is 0 Å². The Morgan fingerprint density at radius 1 is 1.13 bits per heavy atom. The molecule has 0 radical (unpaired) electrons. The van der Waals surface area contributed by atoms with E-state index in [4.69, 9.17) is 0 Å². The van der Waals surface area contributed by atoms with E-state index in [1.54, 1.807) is 4.31 Å². The van der Waals surface area contributed by atoms with Crippen molar-refractivity contribution in [3.8, 4) is 0 Å². The number of sulfonamides is 1. The fraction of sp³-hybridized carbons (Fsp3) is 0.696. The molecule has 3 rings (SSSR count). The van der Waals surface area contributed by atoms with Crippen molar-refractivity contribution < 1.29 is 13.2 Å². The fourth-order valence-corrected chi connectivity index (χ4v) is 6.73. The summed E-state index contributed by atoms with van der Waals surface area (Å²) in [6, 6.07) is 8.38. The van der Waals surface area contributed by atoms with Gasteiger partial charge in [0.1, 0.15) is 0 Å². The Hall–Kier alpha value is -0.920. The van der Waals surface area contributed by atoms with Crippen LogP contribution in [0.15, 0.2) is 28.7 Å². The number of rotatable bonds is 8. The lowest BCUT2D eigenvalue weighted by molar-refractivity contribution is -0.128. The number of benzene rings is 1. The Morgan fingerprint density at radius 2 is 1.77 bits per heavy atom. The molecule has 5 nitrogen and oxygen atoms in total. The second-order valence-corrected chi connectivity index (χ2v) is 12.0. The summed E-state index contributed by atoms with van der Waals surface area (Å²) in [6.45, 7) is 2.93. The summed E-state index contributed by atoms with van der Waals surface area (Å²) in [6.07, 6.45) is 9.20. The van der Waals surface area contributed by atoms with Crippen LogP contribution in [0.4, 0.5) is 0 Å². The van der Waals surface area contributed by atoms with Gasteiger partial charge in [0.05, 0.1) is 5.75 Å². The molecule has 1 heterocycles. The van der Waals surface area contributed by atoms with Crippen LogP contribution >= 0.6 is 15.9 Å². The van der Waals surface area contributed by atoms with Crippen molar-refractivity contribution in [1.82, 2.24) is 9.62 Å². The van der Waals surface area contributed by atoms with Crippen LogP contribution < -0.4 is 5.32 Å². The van der Waals surface area contributed by atoms with Gasteiger partial charge in [0, 0.05) is 29.0 Å². The number of carbonyl (C=O) groups excluding carboxylic acids is 1. The van der Waals surface area contributed by atoms with Crippen molar-refractivity contribution in [2.45, 2.75) is 76.7 Å². The highest BCUT2D eigenvalue weighted by atomic mass is 79.9. The molecular formula is C23H35BrN2O3S. The highest BCUT2D eigenvalue weighted by molar-refractivity contribution is 9.10. The zero-order valence-electron chi connectivity index (χ0n) is 18.0. The Morgan fingerprint density at radius 3 is 2.37 bits per heavy atom. The van der Waals surface area contributed by atoms with Gasteiger partial charge < -0.3 is 5.32 Å². The minimum absolute atomic E-state index is 0.0913. The minimum Gasteiger partial charge on any atom is -0.350 e. The molecular weight excluding hydrogens is 464 g/mol. The van der Waals surface area contributed by atoms with Gasteiger partial charge in [0.25, 0.3) is 0 Å². The molecule has 1 saturated carbocycles. The quantitative estimate of drug-likeness (QED) is 0.566. The molecule has 1 aromatic carbocycles. The molecule has 1 aliphatic carbocycles. The van der Waals surface area contributed by atoms with E-state index >= 15 is 0 Å². The summed E-state index contributed by atoms with van der Waals surface area (Å²) in [5, 5.41) is 3.43. The maximum Gasteiger partial charge on any atom is 0.223 e. The van der Waals surface area contributed by atoms with E-state index in [2.05, 4.69) is 45.5 Å². The molecule has 168 valence electrons. The number of amides is 1. The maximum absolute atomic E-state index is 13.2. The predicted molar refractivity (Wildman–Crippen MR) is 125 cm³/mol. The van der Waals surface area contributed by atoms with E-state index < -0.39 is 10.0 Å². The summed E-state index contributed by atoms with van der Waals surface area (Å²) >= 11 is 3.49. The minimum atomic E-state index is -3.18. The lowest BCUT2D eigenvalue weighted by Crippen LogP contribution is -2.54. The molecule has 1 N–H and O–H groups in total. The van der Waals surface area contributed by atoms with Crippen LogP contribution in [0.25, 0.3) is 0 Å². The standard InChI is InChI=1S/C23H35BrN2O3S/c1-2-3-17-30(28,29)26-15-11-20(12-16-26)22(27)25-23(13-5-4-6-14-23)18-19-7-9-21(24)10-8-19/h7-10,20H,2-6,11-18H2,1H3,(H,25,27). The molecule has 0 unspecified atom stereocenters. The van der Waals surface area contributed by atoms with Crippen molar-refractivity contribution in [3.05, 3.63) is 34.3 Å². The Labute approximate surface area is 190 Å². The van der Waals surface area contributed by atoms with Gasteiger partial charge in [-0.1, -0.05) is 60.7 Å². The maximum atomic E-state index is 13.2. The van der Waals surface area contributed by atoms with Gasteiger partial charge in [-0.15, -0.1) is 0 Å². The van der Waals surface area contributed by atoms with E-state index in [-0.39, 0.29) is 23.1 Å². The summed E-state index contributed by atoms with van der Waals surface area (Å²) < 4.78 is 27.5. The van der Waals surface area contributed by atoms with Gasteiger partial charge >= 0.3 is 0 Å². The highest BCUT2D eigenvalue weighted by Crippen LogP contribution is 2.33. The third-order valence-electron chi connectivity index (χ3n) is 6.63. The normalized spacial score (nSPS) is 20.7. The number of nitrogens with one attached hydrogen (secondary N) is 1. The van der Waals surface area contributed by atoms with Crippen LogP contribution in [0.2, 0.25) is 0 Å². The first-order valence-electron chi connectivity index (χ1n) is 11.4. The van der Waals surface area contributed by atoms with E-state index in [0.29, 0.717) is 32.4 Å². The van der Waals surface area contributed by atoms with Crippen molar-refractivity contribution >= 4 is 31.9 Å². The fourth-order valence-electron chi connectivity index (χ4n) is 4.78. The van der Waals surface area contributed by atoms with Crippen LogP contribution in [0, 0.1) is 5.92 Å². The molecule has 2 fully saturated rings. The van der Waals surface area contributed by atoms with Gasteiger partial charge in [-0.3, -0.25) is 4.79 Å². The topological polar surface area (TPSA) is 66.5 Å². The van der Waals surface area contributed by atoms with Crippen LogP contribution in [-0.2, 0) is 21.2 Å². The molecule has 1 aromatic rings. The Balaban J connectivity index is 1.60. The zero-order chi connectivity index (χ0) is 21.6. The molecule has 0 spiro atoms. The Bertz CT molecular complexity index is 796. The van der Waals surface area contributed by atoms with E-state index in [1.165, 1.54) is 12.0 Å². The van der Waals surface area contributed by atoms with Crippen molar-refractivity contribution in [2.75, 3.05) is 18.8 Å². The third kappa shape index (κ3) is 6.30. The first kappa shape index (κ1) is 23.7. The summed E-state index contributed by atoms with van der Waals surface area (Å²) in [5.74, 6) is 0.238. The van der Waals surface area contributed by atoms with Crippen LogP contribution in [0.1, 0.15) is 70.3 Å². The summed E-state index contributed by atoms with van der Waals surface area (Å²) in [7, 11) is -3.18. The average Bonchev–Trinajstić information content (AvgIpc) is 2.74. The van der Waals surface area contributed by atoms with Crippen LogP contribution in [0.5, 0.6) is 0 Å². The molecule has 0 aromatic heterocycles. The number of halogens is 1. The number of piperidine rings is 1. The molecule has 7 heteroatoms.